The Kier molecular flexibility index (Phi) is 4.02. The van der Waals surface area contributed by atoms with E-state index in [1.807, 2.05) is 36.5 Å². The fraction of sp³-hybridized carbons (Fsp3) is 0.0909. The molecule has 0 bridgehead atoms. The molecule has 0 fully saturated rings. The Morgan fingerprint density at radius 1 is 1.04 bits per heavy atom. The quantitative estimate of drug-likeness (QED) is 0.743. The lowest BCUT2D eigenvalue weighted by atomic mass is 10.0. The number of nitrogens with zero attached hydrogens (tertiary/aromatic N) is 3. The maximum Gasteiger partial charge on any atom is 0.0991 e. The van der Waals surface area contributed by atoms with E-state index < -0.39 is 0 Å². The predicted molar refractivity (Wildman–Crippen MR) is 98.5 cm³/mol. The van der Waals surface area contributed by atoms with Crippen molar-refractivity contribution in [3.05, 3.63) is 100 Å². The normalized spacial score (nSPS) is 12.9. The molecule has 1 aliphatic heterocycles. The van der Waals surface area contributed by atoms with Gasteiger partial charge in [0, 0.05) is 30.7 Å². The molecule has 0 saturated carbocycles. The number of nitriles is 1. The number of fused-ring (bicyclic) bond motifs is 1. The lowest BCUT2D eigenvalue weighted by Crippen LogP contribution is -2.40. The molecular weight excluding hydrogens is 306 g/mol. The Morgan fingerprint density at radius 2 is 1.92 bits per heavy atom. The van der Waals surface area contributed by atoms with E-state index in [1.54, 1.807) is 6.20 Å². The molecule has 1 aliphatic rings. The minimum absolute atomic E-state index is 0.684. The van der Waals surface area contributed by atoms with Crippen molar-refractivity contribution in [2.45, 2.75) is 6.54 Å². The predicted octanol–water partition coefficient (Wildman–Crippen LogP) is 2.41. The molecule has 0 radical (unpaired) electrons. The Labute approximate surface area is 146 Å². The molecular formula is C22H17N3. The first-order valence-corrected chi connectivity index (χ1v) is 8.29. The van der Waals surface area contributed by atoms with Crippen molar-refractivity contribution in [1.82, 2.24) is 9.88 Å². The monoisotopic (exact) mass is 323 g/mol. The van der Waals surface area contributed by atoms with Crippen LogP contribution in [0.15, 0.2) is 73.1 Å². The number of rotatable bonds is 3. The van der Waals surface area contributed by atoms with Gasteiger partial charge in [-0.25, -0.2) is 0 Å². The van der Waals surface area contributed by atoms with Gasteiger partial charge < -0.3 is 4.90 Å². The fourth-order valence-electron chi connectivity index (χ4n) is 3.27. The van der Waals surface area contributed by atoms with Gasteiger partial charge in [-0.15, -0.1) is 0 Å². The standard InChI is InChI=1S/C22H17N3/c23-14-17-8-9-19-10-12-25(16-18-5-4-11-24-15-18)22(21(19)13-17)20-6-2-1-3-7-20/h1-11,13,15H,12,16H2. The van der Waals surface area contributed by atoms with Crippen molar-refractivity contribution in [2.24, 2.45) is 0 Å². The Hall–Kier alpha value is -3.38. The van der Waals surface area contributed by atoms with E-state index in [0.717, 1.165) is 23.9 Å². The summed E-state index contributed by atoms with van der Waals surface area (Å²) in [7, 11) is 0. The van der Waals surface area contributed by atoms with Crippen LogP contribution >= 0.6 is 0 Å². The van der Waals surface area contributed by atoms with Gasteiger partial charge in [0.25, 0.3) is 0 Å². The average Bonchev–Trinajstić information content (AvgIpc) is 2.69. The van der Waals surface area contributed by atoms with Gasteiger partial charge >= 0.3 is 0 Å². The van der Waals surface area contributed by atoms with Crippen LogP contribution in [0.3, 0.4) is 0 Å². The summed E-state index contributed by atoms with van der Waals surface area (Å²) >= 11 is 0. The first-order valence-electron chi connectivity index (χ1n) is 8.29. The highest BCUT2D eigenvalue weighted by molar-refractivity contribution is 5.67. The average molecular weight is 323 g/mol. The minimum Gasteiger partial charge on any atom is -0.362 e. The van der Waals surface area contributed by atoms with Gasteiger partial charge in [0.1, 0.15) is 0 Å². The summed E-state index contributed by atoms with van der Waals surface area (Å²) in [6, 6.07) is 22.6. The van der Waals surface area contributed by atoms with Gasteiger partial charge in [-0.1, -0.05) is 48.5 Å². The minimum atomic E-state index is 0.684. The third kappa shape index (κ3) is 3.02. The van der Waals surface area contributed by atoms with Crippen LogP contribution in [0.2, 0.25) is 0 Å². The van der Waals surface area contributed by atoms with E-state index in [2.05, 4.69) is 52.4 Å². The molecule has 1 aromatic heterocycles. The van der Waals surface area contributed by atoms with Crippen molar-refractivity contribution in [3.63, 3.8) is 0 Å². The number of hydrogen-bond donors (Lipinski definition) is 0. The van der Waals surface area contributed by atoms with Gasteiger partial charge in [-0.05, 0) is 34.5 Å². The van der Waals surface area contributed by atoms with Crippen molar-refractivity contribution >= 4 is 11.8 Å². The maximum atomic E-state index is 9.31. The molecule has 0 amide bonds. The summed E-state index contributed by atoms with van der Waals surface area (Å²) in [6.45, 7) is 1.61. The molecule has 0 unspecified atom stereocenters. The molecule has 2 heterocycles. The summed E-state index contributed by atoms with van der Waals surface area (Å²) in [4.78, 5) is 6.57. The molecule has 4 rings (SSSR count). The second-order valence-electron chi connectivity index (χ2n) is 6.07. The summed E-state index contributed by atoms with van der Waals surface area (Å²) in [6.07, 6.45) is 5.92. The largest absolute Gasteiger partial charge is 0.362 e. The SMILES string of the molecule is N#Cc1ccc2c(c1)=C(c1ccccc1)N(Cc1cccnc1)CC=2. The summed E-state index contributed by atoms with van der Waals surface area (Å²) in [5, 5.41) is 11.6. The zero-order valence-electron chi connectivity index (χ0n) is 13.8. The van der Waals surface area contributed by atoms with E-state index in [9.17, 15) is 5.26 Å². The molecule has 120 valence electrons. The molecule has 0 aliphatic carbocycles. The van der Waals surface area contributed by atoms with Crippen molar-refractivity contribution in [2.75, 3.05) is 6.54 Å². The van der Waals surface area contributed by atoms with Crippen LogP contribution in [0.25, 0.3) is 11.8 Å². The molecule has 25 heavy (non-hydrogen) atoms. The number of aromatic nitrogens is 1. The lowest BCUT2D eigenvalue weighted by Gasteiger charge is -2.29. The molecule has 0 N–H and O–H groups in total. The Balaban J connectivity index is 1.91. The smallest absolute Gasteiger partial charge is 0.0991 e. The third-order valence-corrected chi connectivity index (χ3v) is 4.43. The van der Waals surface area contributed by atoms with Crippen molar-refractivity contribution in [3.8, 4) is 6.07 Å². The molecule has 3 heteroatoms. The lowest BCUT2D eigenvalue weighted by molar-refractivity contribution is 0.435. The highest BCUT2D eigenvalue weighted by Gasteiger charge is 2.16. The first-order chi connectivity index (χ1) is 12.3. The first kappa shape index (κ1) is 15.2. The second kappa shape index (κ2) is 6.62. The number of benzene rings is 2. The van der Waals surface area contributed by atoms with Crippen LogP contribution in [0, 0.1) is 11.3 Å². The zero-order chi connectivity index (χ0) is 17.1. The van der Waals surface area contributed by atoms with Gasteiger partial charge in [0.15, 0.2) is 0 Å². The molecule has 0 atom stereocenters. The van der Waals surface area contributed by atoms with E-state index in [-0.39, 0.29) is 0 Å². The topological polar surface area (TPSA) is 39.9 Å². The van der Waals surface area contributed by atoms with Crippen LogP contribution in [-0.2, 0) is 6.54 Å². The number of pyridine rings is 1. The summed E-state index contributed by atoms with van der Waals surface area (Å²) in [5.41, 5.74) is 4.18. The highest BCUT2D eigenvalue weighted by Crippen LogP contribution is 2.20. The van der Waals surface area contributed by atoms with Gasteiger partial charge in [0.05, 0.1) is 17.3 Å². The van der Waals surface area contributed by atoms with E-state index >= 15 is 0 Å². The van der Waals surface area contributed by atoms with Crippen LogP contribution < -0.4 is 10.4 Å². The van der Waals surface area contributed by atoms with Crippen LogP contribution in [0.4, 0.5) is 0 Å². The molecule has 0 saturated heterocycles. The molecule has 3 aromatic rings. The van der Waals surface area contributed by atoms with Gasteiger partial charge in [-0.2, -0.15) is 5.26 Å². The van der Waals surface area contributed by atoms with Gasteiger partial charge in [-0.3, -0.25) is 4.98 Å². The summed E-state index contributed by atoms with van der Waals surface area (Å²) < 4.78 is 0. The van der Waals surface area contributed by atoms with Crippen molar-refractivity contribution < 1.29 is 0 Å². The van der Waals surface area contributed by atoms with E-state index in [0.29, 0.717) is 5.56 Å². The van der Waals surface area contributed by atoms with Crippen LogP contribution in [0.5, 0.6) is 0 Å². The van der Waals surface area contributed by atoms with Gasteiger partial charge in [0.2, 0.25) is 0 Å². The van der Waals surface area contributed by atoms with Crippen LogP contribution in [-0.4, -0.2) is 16.4 Å². The summed E-state index contributed by atoms with van der Waals surface area (Å²) in [5.74, 6) is 0. The second-order valence-corrected chi connectivity index (χ2v) is 6.07. The van der Waals surface area contributed by atoms with Crippen LogP contribution in [0.1, 0.15) is 16.7 Å². The maximum absolute atomic E-state index is 9.31. The Bertz CT molecular complexity index is 1050. The molecule has 0 spiro atoms. The van der Waals surface area contributed by atoms with E-state index in [1.165, 1.54) is 16.5 Å². The van der Waals surface area contributed by atoms with Crippen molar-refractivity contribution in [1.29, 1.82) is 5.26 Å². The third-order valence-electron chi connectivity index (χ3n) is 4.43. The van der Waals surface area contributed by atoms with E-state index in [4.69, 9.17) is 0 Å². The Morgan fingerprint density at radius 3 is 2.68 bits per heavy atom. The molecule has 2 aromatic carbocycles. The fourth-order valence-corrected chi connectivity index (χ4v) is 3.27. The highest BCUT2D eigenvalue weighted by atomic mass is 15.1. The zero-order valence-corrected chi connectivity index (χ0v) is 13.8. The number of hydrogen-bond acceptors (Lipinski definition) is 3. The molecule has 3 nitrogen and oxygen atoms in total.